The zero-order chi connectivity index (χ0) is 13.0. The molecule has 2 aliphatic rings. The van der Waals surface area contributed by atoms with Crippen molar-refractivity contribution in [2.45, 2.75) is 76.0 Å². The van der Waals surface area contributed by atoms with Crippen molar-refractivity contribution in [3.05, 3.63) is 0 Å². The van der Waals surface area contributed by atoms with Gasteiger partial charge in [-0.2, -0.15) is 5.06 Å². The second-order valence-corrected chi connectivity index (χ2v) is 6.37. The second kappa shape index (κ2) is 6.33. The summed E-state index contributed by atoms with van der Waals surface area (Å²) < 4.78 is 0. The van der Waals surface area contributed by atoms with Crippen LogP contribution in [0.2, 0.25) is 0 Å². The summed E-state index contributed by atoms with van der Waals surface area (Å²) in [6, 6.07) is 1.09. The van der Waals surface area contributed by atoms with E-state index < -0.39 is 5.60 Å². The lowest BCUT2D eigenvalue weighted by atomic mass is 9.97. The molecule has 106 valence electrons. The standard InChI is InChI=1S/C14H28N2O2/c1-14(17)8-2-4-12(6-9-14)15-13-5-3-10-16(18)11-7-13/h12-13,15,17-18H,2-11H2,1H3. The number of hydrogen-bond acceptors (Lipinski definition) is 4. The predicted octanol–water partition coefficient (Wildman–Crippen LogP) is 1.90. The first kappa shape index (κ1) is 14.3. The molecule has 0 aromatic carbocycles. The van der Waals surface area contributed by atoms with Crippen molar-refractivity contribution >= 4 is 0 Å². The molecule has 2 fully saturated rings. The fraction of sp³-hybridized carbons (Fsp3) is 1.00. The van der Waals surface area contributed by atoms with E-state index in [2.05, 4.69) is 5.32 Å². The molecule has 4 nitrogen and oxygen atoms in total. The molecular weight excluding hydrogens is 228 g/mol. The number of nitrogens with one attached hydrogen (secondary N) is 1. The molecule has 3 N–H and O–H groups in total. The second-order valence-electron chi connectivity index (χ2n) is 6.37. The van der Waals surface area contributed by atoms with Gasteiger partial charge in [0, 0.05) is 25.2 Å². The summed E-state index contributed by atoms with van der Waals surface area (Å²) in [5.74, 6) is 0. The molecular formula is C14H28N2O2. The van der Waals surface area contributed by atoms with Crippen LogP contribution in [0.1, 0.15) is 58.3 Å². The van der Waals surface area contributed by atoms with Crippen molar-refractivity contribution in [3.63, 3.8) is 0 Å². The largest absolute Gasteiger partial charge is 0.390 e. The van der Waals surface area contributed by atoms with Crippen LogP contribution in [0.15, 0.2) is 0 Å². The number of hydroxylamine groups is 2. The summed E-state index contributed by atoms with van der Waals surface area (Å²) in [6.07, 6.45) is 8.46. The van der Waals surface area contributed by atoms with E-state index in [1.807, 2.05) is 6.92 Å². The minimum absolute atomic E-state index is 0.457. The Morgan fingerprint density at radius 3 is 2.56 bits per heavy atom. The van der Waals surface area contributed by atoms with Crippen LogP contribution in [0.25, 0.3) is 0 Å². The number of rotatable bonds is 2. The minimum atomic E-state index is -0.457. The maximum atomic E-state index is 10.1. The first-order valence-electron chi connectivity index (χ1n) is 7.47. The molecule has 0 aromatic heterocycles. The van der Waals surface area contributed by atoms with Gasteiger partial charge >= 0.3 is 0 Å². The van der Waals surface area contributed by atoms with Crippen LogP contribution in [0.4, 0.5) is 0 Å². The minimum Gasteiger partial charge on any atom is -0.390 e. The van der Waals surface area contributed by atoms with E-state index >= 15 is 0 Å². The van der Waals surface area contributed by atoms with Gasteiger partial charge in [-0.05, 0) is 58.3 Å². The first-order chi connectivity index (χ1) is 8.55. The van der Waals surface area contributed by atoms with Gasteiger partial charge in [0.15, 0.2) is 0 Å². The summed E-state index contributed by atoms with van der Waals surface area (Å²) in [5.41, 5.74) is -0.457. The Bertz CT molecular complexity index is 258. The van der Waals surface area contributed by atoms with Gasteiger partial charge in [-0.15, -0.1) is 0 Å². The monoisotopic (exact) mass is 256 g/mol. The van der Waals surface area contributed by atoms with Gasteiger partial charge in [-0.1, -0.05) is 0 Å². The molecule has 1 saturated heterocycles. The van der Waals surface area contributed by atoms with Crippen LogP contribution in [-0.4, -0.2) is 46.2 Å². The number of hydrogen-bond donors (Lipinski definition) is 3. The predicted molar refractivity (Wildman–Crippen MR) is 71.6 cm³/mol. The molecule has 18 heavy (non-hydrogen) atoms. The quantitative estimate of drug-likeness (QED) is 0.661. The highest BCUT2D eigenvalue weighted by molar-refractivity contribution is 4.84. The molecule has 0 spiro atoms. The Labute approximate surface area is 110 Å². The third-order valence-electron chi connectivity index (χ3n) is 4.48. The maximum absolute atomic E-state index is 10.1. The van der Waals surface area contributed by atoms with Crippen molar-refractivity contribution in [1.29, 1.82) is 0 Å². The van der Waals surface area contributed by atoms with Crippen LogP contribution in [0.5, 0.6) is 0 Å². The molecule has 3 unspecified atom stereocenters. The summed E-state index contributed by atoms with van der Waals surface area (Å²) in [6.45, 7) is 3.55. The van der Waals surface area contributed by atoms with Crippen molar-refractivity contribution in [3.8, 4) is 0 Å². The average molecular weight is 256 g/mol. The lowest BCUT2D eigenvalue weighted by Crippen LogP contribution is -2.39. The first-order valence-corrected chi connectivity index (χ1v) is 7.47. The third-order valence-corrected chi connectivity index (χ3v) is 4.48. The molecule has 1 aliphatic carbocycles. The Kier molecular flexibility index (Phi) is 5.01. The summed E-state index contributed by atoms with van der Waals surface area (Å²) in [7, 11) is 0. The molecule has 2 rings (SSSR count). The van der Waals surface area contributed by atoms with E-state index in [9.17, 15) is 10.3 Å². The molecule has 4 heteroatoms. The summed E-state index contributed by atoms with van der Waals surface area (Å²) >= 11 is 0. The zero-order valence-corrected chi connectivity index (χ0v) is 11.6. The molecule has 1 saturated carbocycles. The highest BCUT2D eigenvalue weighted by atomic mass is 16.5. The summed E-state index contributed by atoms with van der Waals surface area (Å²) in [4.78, 5) is 0. The lowest BCUT2D eigenvalue weighted by Gasteiger charge is -2.24. The third kappa shape index (κ3) is 4.50. The van der Waals surface area contributed by atoms with Crippen LogP contribution in [0.3, 0.4) is 0 Å². The maximum Gasteiger partial charge on any atom is 0.0620 e. The van der Waals surface area contributed by atoms with E-state index in [0.717, 1.165) is 58.0 Å². The fourth-order valence-corrected chi connectivity index (χ4v) is 3.23. The van der Waals surface area contributed by atoms with E-state index in [-0.39, 0.29) is 0 Å². The molecule has 1 heterocycles. The Morgan fingerprint density at radius 1 is 1.00 bits per heavy atom. The molecule has 0 aromatic rings. The van der Waals surface area contributed by atoms with Crippen LogP contribution < -0.4 is 5.32 Å². The van der Waals surface area contributed by atoms with E-state index in [4.69, 9.17) is 0 Å². The smallest absolute Gasteiger partial charge is 0.0620 e. The molecule has 0 amide bonds. The molecule has 0 bridgehead atoms. The van der Waals surface area contributed by atoms with E-state index in [1.165, 1.54) is 11.5 Å². The highest BCUT2D eigenvalue weighted by Gasteiger charge is 2.27. The topological polar surface area (TPSA) is 55.7 Å². The van der Waals surface area contributed by atoms with Crippen LogP contribution >= 0.6 is 0 Å². The zero-order valence-electron chi connectivity index (χ0n) is 11.6. The van der Waals surface area contributed by atoms with Crippen molar-refractivity contribution in [2.75, 3.05) is 13.1 Å². The number of aliphatic hydroxyl groups is 1. The van der Waals surface area contributed by atoms with Crippen LogP contribution in [-0.2, 0) is 0 Å². The van der Waals surface area contributed by atoms with Gasteiger partial charge in [-0.3, -0.25) is 0 Å². The number of nitrogens with zero attached hydrogens (tertiary/aromatic N) is 1. The molecule has 0 radical (unpaired) electrons. The Balaban J connectivity index is 1.78. The van der Waals surface area contributed by atoms with Gasteiger partial charge in [0.1, 0.15) is 0 Å². The molecule has 3 atom stereocenters. The lowest BCUT2D eigenvalue weighted by molar-refractivity contribution is -0.0877. The van der Waals surface area contributed by atoms with E-state index in [0.29, 0.717) is 12.1 Å². The van der Waals surface area contributed by atoms with Crippen molar-refractivity contribution < 1.29 is 10.3 Å². The average Bonchev–Trinajstić information content (AvgIpc) is 2.59. The SMILES string of the molecule is CC1(O)CCCC(NC2CCCN(O)CC2)CC1. The van der Waals surface area contributed by atoms with E-state index in [1.54, 1.807) is 0 Å². The highest BCUT2D eigenvalue weighted by Crippen LogP contribution is 2.27. The van der Waals surface area contributed by atoms with Gasteiger partial charge in [-0.25, -0.2) is 0 Å². The Morgan fingerprint density at radius 2 is 1.72 bits per heavy atom. The Hall–Kier alpha value is -0.160. The normalized spacial score (nSPS) is 40.2. The van der Waals surface area contributed by atoms with Crippen molar-refractivity contribution in [1.82, 2.24) is 10.4 Å². The van der Waals surface area contributed by atoms with Crippen LogP contribution in [0, 0.1) is 0 Å². The van der Waals surface area contributed by atoms with Gasteiger partial charge in [0.25, 0.3) is 0 Å². The van der Waals surface area contributed by atoms with Crippen molar-refractivity contribution in [2.24, 2.45) is 0 Å². The van der Waals surface area contributed by atoms with Gasteiger partial charge in [0.2, 0.25) is 0 Å². The summed E-state index contributed by atoms with van der Waals surface area (Å²) in [5, 5.41) is 24.8. The van der Waals surface area contributed by atoms with Gasteiger partial charge < -0.3 is 15.6 Å². The molecule has 1 aliphatic heterocycles. The fourth-order valence-electron chi connectivity index (χ4n) is 3.23. The van der Waals surface area contributed by atoms with Gasteiger partial charge in [0.05, 0.1) is 5.60 Å².